The minimum absolute atomic E-state index is 0. The van der Waals surface area contributed by atoms with E-state index in [1.165, 1.54) is 12.7 Å². The largest absolute Gasteiger partial charge is 0.468 e. The van der Waals surface area contributed by atoms with Crippen LogP contribution >= 0.6 is 12.4 Å². The van der Waals surface area contributed by atoms with Crippen molar-refractivity contribution in [2.45, 2.75) is 6.42 Å². The number of piperazine rings is 1. The molecular weight excluding hydrogens is 318 g/mol. The fourth-order valence-corrected chi connectivity index (χ4v) is 2.98. The highest BCUT2D eigenvalue weighted by atomic mass is 35.5. The van der Waals surface area contributed by atoms with Crippen LogP contribution in [0.2, 0.25) is 0 Å². The Morgan fingerprint density at radius 1 is 1.22 bits per heavy atom. The normalized spacial score (nSPS) is 17.0. The van der Waals surface area contributed by atoms with E-state index >= 15 is 0 Å². The van der Waals surface area contributed by atoms with Crippen molar-refractivity contribution in [3.8, 4) is 0 Å². The molecule has 7 heteroatoms. The van der Waals surface area contributed by atoms with Gasteiger partial charge in [0.05, 0.1) is 13.7 Å². The van der Waals surface area contributed by atoms with Gasteiger partial charge in [0.15, 0.2) is 0 Å². The Kier molecular flexibility index (Phi) is 5.85. The molecule has 0 radical (unpaired) electrons. The second-order valence-electron chi connectivity index (χ2n) is 5.69. The van der Waals surface area contributed by atoms with Gasteiger partial charge in [-0.3, -0.25) is 14.5 Å². The lowest BCUT2D eigenvalue weighted by molar-refractivity contribution is -0.142. The molecule has 1 fully saturated rings. The number of ether oxygens (including phenoxy) is 1. The zero-order valence-electron chi connectivity index (χ0n) is 13.2. The first-order valence-corrected chi connectivity index (χ1v) is 7.62. The molecule has 0 unspecified atom stereocenters. The maximum Gasteiger partial charge on any atom is 0.319 e. The third-order valence-electron chi connectivity index (χ3n) is 4.30. The molecule has 2 aliphatic heterocycles. The van der Waals surface area contributed by atoms with Gasteiger partial charge in [-0.15, -0.1) is 12.4 Å². The molecule has 0 saturated carbocycles. The Bertz CT molecular complexity index is 586. The van der Waals surface area contributed by atoms with Gasteiger partial charge in [-0.05, 0) is 30.2 Å². The van der Waals surface area contributed by atoms with Crippen molar-refractivity contribution >= 4 is 30.0 Å². The van der Waals surface area contributed by atoms with Crippen molar-refractivity contribution in [2.75, 3.05) is 51.7 Å². The number of amides is 1. The van der Waals surface area contributed by atoms with Crippen LogP contribution in [0.25, 0.3) is 0 Å². The third kappa shape index (κ3) is 3.95. The summed E-state index contributed by atoms with van der Waals surface area (Å²) in [4.78, 5) is 27.7. The smallest absolute Gasteiger partial charge is 0.319 e. The number of nitrogens with one attached hydrogen (secondary N) is 1. The van der Waals surface area contributed by atoms with E-state index in [4.69, 9.17) is 0 Å². The number of halogens is 1. The second kappa shape index (κ2) is 7.66. The van der Waals surface area contributed by atoms with Crippen LogP contribution in [0.1, 0.15) is 15.9 Å². The second-order valence-corrected chi connectivity index (χ2v) is 5.69. The number of anilines is 1. The molecule has 3 rings (SSSR count). The Morgan fingerprint density at radius 2 is 1.96 bits per heavy atom. The van der Waals surface area contributed by atoms with E-state index in [-0.39, 0.29) is 24.3 Å². The van der Waals surface area contributed by atoms with E-state index in [0.29, 0.717) is 32.7 Å². The quantitative estimate of drug-likeness (QED) is 0.833. The lowest BCUT2D eigenvalue weighted by atomic mass is 10.1. The molecule has 2 aliphatic rings. The van der Waals surface area contributed by atoms with Crippen LogP contribution in [0, 0.1) is 0 Å². The molecule has 23 heavy (non-hydrogen) atoms. The van der Waals surface area contributed by atoms with E-state index in [2.05, 4.69) is 10.1 Å². The van der Waals surface area contributed by atoms with Gasteiger partial charge >= 0.3 is 5.97 Å². The summed E-state index contributed by atoms with van der Waals surface area (Å²) in [5, 5.41) is 3.30. The molecule has 126 valence electrons. The Hall–Kier alpha value is -1.79. The van der Waals surface area contributed by atoms with Crippen molar-refractivity contribution in [1.29, 1.82) is 0 Å². The predicted octanol–water partition coefficient (Wildman–Crippen LogP) is 1.01. The summed E-state index contributed by atoms with van der Waals surface area (Å²) in [6.07, 6.45) is 0.976. The molecule has 1 aromatic carbocycles. The van der Waals surface area contributed by atoms with Gasteiger partial charge in [0.25, 0.3) is 5.91 Å². The summed E-state index contributed by atoms with van der Waals surface area (Å²) in [5.74, 6) is -0.154. The SMILES string of the molecule is COC(=O)CN1CCN(C(=O)c2ccc3c(c2)CCN3)CC1.Cl. The highest BCUT2D eigenvalue weighted by Crippen LogP contribution is 2.23. The maximum atomic E-state index is 12.6. The van der Waals surface area contributed by atoms with E-state index in [1.807, 2.05) is 28.0 Å². The number of carbonyl (C=O) groups is 2. The van der Waals surface area contributed by atoms with Gasteiger partial charge in [-0.25, -0.2) is 0 Å². The average Bonchev–Trinajstić information content (AvgIpc) is 3.02. The molecule has 0 spiro atoms. The summed E-state index contributed by atoms with van der Waals surface area (Å²) >= 11 is 0. The van der Waals surface area contributed by atoms with Crippen molar-refractivity contribution in [3.05, 3.63) is 29.3 Å². The highest BCUT2D eigenvalue weighted by Gasteiger charge is 2.24. The number of hydrogen-bond donors (Lipinski definition) is 1. The Labute approximate surface area is 142 Å². The lowest BCUT2D eigenvalue weighted by Crippen LogP contribution is -2.50. The summed E-state index contributed by atoms with van der Waals surface area (Å²) in [7, 11) is 1.39. The first-order valence-electron chi connectivity index (χ1n) is 7.62. The number of carbonyl (C=O) groups excluding carboxylic acids is 2. The van der Waals surface area contributed by atoms with Gasteiger partial charge in [0, 0.05) is 44.0 Å². The first kappa shape index (κ1) is 17.6. The van der Waals surface area contributed by atoms with Gasteiger partial charge in [0.2, 0.25) is 0 Å². The minimum atomic E-state index is -0.231. The van der Waals surface area contributed by atoms with Gasteiger partial charge in [-0.2, -0.15) is 0 Å². The van der Waals surface area contributed by atoms with Crippen LogP contribution in [0.4, 0.5) is 5.69 Å². The van der Waals surface area contributed by atoms with Crippen molar-refractivity contribution in [2.24, 2.45) is 0 Å². The number of fused-ring (bicyclic) bond motifs is 1. The molecule has 1 amide bonds. The number of nitrogens with zero attached hydrogens (tertiary/aromatic N) is 2. The number of benzene rings is 1. The molecule has 0 aliphatic carbocycles. The van der Waals surface area contributed by atoms with E-state index < -0.39 is 0 Å². The Balaban J connectivity index is 0.00000192. The van der Waals surface area contributed by atoms with Gasteiger partial charge < -0.3 is 15.0 Å². The number of esters is 1. The van der Waals surface area contributed by atoms with Crippen LogP contribution in [0.15, 0.2) is 18.2 Å². The topological polar surface area (TPSA) is 61.9 Å². The highest BCUT2D eigenvalue weighted by molar-refractivity contribution is 5.95. The summed E-state index contributed by atoms with van der Waals surface area (Å²) in [6, 6.07) is 5.88. The molecule has 1 saturated heterocycles. The predicted molar refractivity (Wildman–Crippen MR) is 90.2 cm³/mol. The van der Waals surface area contributed by atoms with E-state index in [1.54, 1.807) is 0 Å². The Morgan fingerprint density at radius 3 is 2.65 bits per heavy atom. The molecule has 2 heterocycles. The minimum Gasteiger partial charge on any atom is -0.468 e. The molecule has 0 aromatic heterocycles. The van der Waals surface area contributed by atoms with Crippen molar-refractivity contribution in [3.63, 3.8) is 0 Å². The van der Waals surface area contributed by atoms with Gasteiger partial charge in [-0.1, -0.05) is 0 Å². The first-order chi connectivity index (χ1) is 10.7. The van der Waals surface area contributed by atoms with Crippen LogP contribution in [-0.4, -0.2) is 68.1 Å². The molecular formula is C16H22ClN3O3. The van der Waals surface area contributed by atoms with Gasteiger partial charge in [0.1, 0.15) is 0 Å². The fourth-order valence-electron chi connectivity index (χ4n) is 2.98. The van der Waals surface area contributed by atoms with Crippen LogP contribution in [0.5, 0.6) is 0 Å². The fraction of sp³-hybridized carbons (Fsp3) is 0.500. The van der Waals surface area contributed by atoms with E-state index in [0.717, 1.165) is 24.2 Å². The van der Waals surface area contributed by atoms with Crippen LogP contribution in [0.3, 0.4) is 0 Å². The molecule has 0 atom stereocenters. The van der Waals surface area contributed by atoms with Crippen LogP contribution < -0.4 is 5.32 Å². The lowest BCUT2D eigenvalue weighted by Gasteiger charge is -2.34. The molecule has 6 nitrogen and oxygen atoms in total. The zero-order chi connectivity index (χ0) is 15.5. The molecule has 0 bridgehead atoms. The zero-order valence-corrected chi connectivity index (χ0v) is 14.0. The summed E-state index contributed by atoms with van der Waals surface area (Å²) < 4.78 is 4.67. The number of rotatable bonds is 3. The van der Waals surface area contributed by atoms with Crippen molar-refractivity contribution < 1.29 is 14.3 Å². The van der Waals surface area contributed by atoms with E-state index in [9.17, 15) is 9.59 Å². The van der Waals surface area contributed by atoms with Crippen molar-refractivity contribution in [1.82, 2.24) is 9.80 Å². The monoisotopic (exact) mass is 339 g/mol. The maximum absolute atomic E-state index is 12.6. The van der Waals surface area contributed by atoms with Crippen LogP contribution in [-0.2, 0) is 16.0 Å². The average molecular weight is 340 g/mol. The number of hydrogen-bond acceptors (Lipinski definition) is 5. The number of methoxy groups -OCH3 is 1. The summed E-state index contributed by atoms with van der Waals surface area (Å²) in [6.45, 7) is 3.93. The summed E-state index contributed by atoms with van der Waals surface area (Å²) in [5.41, 5.74) is 3.11. The molecule has 1 aromatic rings. The molecule has 1 N–H and O–H groups in total. The third-order valence-corrected chi connectivity index (χ3v) is 4.30. The standard InChI is InChI=1S/C16H21N3O3.ClH/c1-22-15(20)11-18-6-8-19(9-7-18)16(21)13-2-3-14-12(10-13)4-5-17-14;/h2-3,10,17H,4-9,11H2,1H3;1H.